The Kier molecular flexibility index (Phi) is 5.58. The van der Waals surface area contributed by atoms with E-state index in [0.717, 1.165) is 25.0 Å². The van der Waals surface area contributed by atoms with Crippen LogP contribution in [0.3, 0.4) is 0 Å². The molecule has 0 bridgehead atoms. The lowest BCUT2D eigenvalue weighted by molar-refractivity contribution is 0.363. The summed E-state index contributed by atoms with van der Waals surface area (Å²) in [4.78, 5) is 10.9. The molecule has 1 aromatic rings. The van der Waals surface area contributed by atoms with Gasteiger partial charge in [0.05, 0.1) is 0 Å². The molecular weight excluding hydrogens is 236 g/mol. The lowest BCUT2D eigenvalue weighted by Crippen LogP contribution is -2.44. The number of hydrogen-bond donors (Lipinski definition) is 1. The summed E-state index contributed by atoms with van der Waals surface area (Å²) in [6.45, 7) is 7.85. The Morgan fingerprint density at radius 2 is 1.84 bits per heavy atom. The average molecular weight is 262 g/mol. The van der Waals surface area contributed by atoms with Gasteiger partial charge in [-0.15, -0.1) is 0 Å². The van der Waals surface area contributed by atoms with Crippen LogP contribution < -0.4 is 10.2 Å². The maximum atomic E-state index is 4.32. The van der Waals surface area contributed by atoms with Crippen LogP contribution in [0.5, 0.6) is 0 Å². The number of nitrogens with zero attached hydrogens (tertiary/aromatic N) is 3. The Balaban J connectivity index is 1.74. The molecule has 2 heterocycles. The van der Waals surface area contributed by atoms with E-state index in [0.29, 0.717) is 6.04 Å². The predicted octanol–water partition coefficient (Wildman–Crippen LogP) is 2.47. The highest BCUT2D eigenvalue weighted by Gasteiger charge is 2.20. The van der Waals surface area contributed by atoms with E-state index in [4.69, 9.17) is 0 Å². The summed E-state index contributed by atoms with van der Waals surface area (Å²) in [5.41, 5.74) is 0. The van der Waals surface area contributed by atoms with Crippen molar-refractivity contribution in [3.8, 4) is 0 Å². The molecule has 0 spiro atoms. The lowest BCUT2D eigenvalue weighted by Gasteiger charge is -2.33. The molecule has 19 heavy (non-hydrogen) atoms. The number of hydrogen-bond acceptors (Lipinski definition) is 4. The van der Waals surface area contributed by atoms with Crippen LogP contribution in [-0.2, 0) is 0 Å². The van der Waals surface area contributed by atoms with E-state index >= 15 is 0 Å². The quantitative estimate of drug-likeness (QED) is 0.855. The molecule has 1 aliphatic heterocycles. The summed E-state index contributed by atoms with van der Waals surface area (Å²) in [6.07, 6.45) is 8.58. The Morgan fingerprint density at radius 1 is 1.21 bits per heavy atom. The lowest BCUT2D eigenvalue weighted by atomic mass is 10.0. The van der Waals surface area contributed by atoms with Crippen LogP contribution in [0, 0.1) is 5.92 Å². The van der Waals surface area contributed by atoms with Gasteiger partial charge in [-0.1, -0.05) is 26.7 Å². The second kappa shape index (κ2) is 7.43. The van der Waals surface area contributed by atoms with Gasteiger partial charge >= 0.3 is 0 Å². The maximum Gasteiger partial charge on any atom is 0.225 e. The van der Waals surface area contributed by atoms with Gasteiger partial charge in [0.15, 0.2) is 0 Å². The highest BCUT2D eigenvalue weighted by molar-refractivity contribution is 5.29. The van der Waals surface area contributed by atoms with Crippen molar-refractivity contribution in [3.63, 3.8) is 0 Å². The van der Waals surface area contributed by atoms with E-state index in [-0.39, 0.29) is 0 Å². The molecule has 1 aromatic heterocycles. The minimum atomic E-state index is 0.667. The maximum absolute atomic E-state index is 4.32. The second-order valence-corrected chi connectivity index (χ2v) is 5.40. The number of nitrogens with one attached hydrogen (secondary N) is 1. The van der Waals surface area contributed by atoms with Gasteiger partial charge in [-0.05, 0) is 31.4 Å². The van der Waals surface area contributed by atoms with Crippen LogP contribution in [0.25, 0.3) is 0 Å². The van der Waals surface area contributed by atoms with E-state index in [1.807, 2.05) is 18.5 Å². The first-order valence-corrected chi connectivity index (χ1v) is 7.58. The first-order valence-electron chi connectivity index (χ1n) is 7.58. The van der Waals surface area contributed by atoms with Crippen LogP contribution in [-0.4, -0.2) is 35.6 Å². The molecule has 0 atom stereocenters. The minimum Gasteiger partial charge on any atom is -0.341 e. The van der Waals surface area contributed by atoms with E-state index in [9.17, 15) is 0 Å². The van der Waals surface area contributed by atoms with Crippen LogP contribution in [0.1, 0.15) is 39.5 Å². The van der Waals surface area contributed by atoms with Crippen LogP contribution in [0.2, 0.25) is 0 Å². The average Bonchev–Trinajstić information content (AvgIpc) is 2.50. The number of piperidine rings is 1. The summed E-state index contributed by atoms with van der Waals surface area (Å²) in [6, 6.07) is 2.54. The highest BCUT2D eigenvalue weighted by Crippen LogP contribution is 2.16. The molecule has 0 unspecified atom stereocenters. The van der Waals surface area contributed by atoms with Crippen molar-refractivity contribution in [2.45, 2.75) is 45.6 Å². The Labute approximate surface area is 116 Å². The van der Waals surface area contributed by atoms with Crippen molar-refractivity contribution in [1.29, 1.82) is 0 Å². The molecule has 1 N–H and O–H groups in total. The largest absolute Gasteiger partial charge is 0.341 e. The monoisotopic (exact) mass is 262 g/mol. The molecule has 0 aromatic carbocycles. The molecule has 4 heteroatoms. The molecule has 106 valence electrons. The van der Waals surface area contributed by atoms with Crippen molar-refractivity contribution in [1.82, 2.24) is 15.3 Å². The smallest absolute Gasteiger partial charge is 0.225 e. The zero-order chi connectivity index (χ0) is 13.5. The third-order valence-corrected chi connectivity index (χ3v) is 4.18. The topological polar surface area (TPSA) is 41.0 Å². The van der Waals surface area contributed by atoms with Crippen molar-refractivity contribution < 1.29 is 0 Å². The van der Waals surface area contributed by atoms with Gasteiger partial charge in [0, 0.05) is 31.5 Å². The molecule has 2 rings (SSSR count). The fraction of sp³-hybridized carbons (Fsp3) is 0.733. The number of anilines is 1. The Bertz CT molecular complexity index is 342. The third-order valence-electron chi connectivity index (χ3n) is 4.18. The minimum absolute atomic E-state index is 0.667. The first-order chi connectivity index (χ1) is 9.33. The predicted molar refractivity (Wildman–Crippen MR) is 79.3 cm³/mol. The fourth-order valence-electron chi connectivity index (χ4n) is 2.65. The zero-order valence-corrected chi connectivity index (χ0v) is 12.2. The SMILES string of the molecule is CCC(CC)CNC1CCN(c2ncccn2)CC1. The molecule has 0 aliphatic carbocycles. The van der Waals surface area contributed by atoms with Crippen LogP contribution in [0.4, 0.5) is 5.95 Å². The summed E-state index contributed by atoms with van der Waals surface area (Å²) < 4.78 is 0. The van der Waals surface area contributed by atoms with Gasteiger partial charge in [0.2, 0.25) is 5.95 Å². The molecule has 0 radical (unpaired) electrons. The molecule has 0 saturated carbocycles. The van der Waals surface area contributed by atoms with E-state index in [1.54, 1.807) is 0 Å². The van der Waals surface area contributed by atoms with Crippen molar-refractivity contribution in [3.05, 3.63) is 18.5 Å². The van der Waals surface area contributed by atoms with Crippen molar-refractivity contribution in [2.24, 2.45) is 5.92 Å². The molecular formula is C15H26N4. The summed E-state index contributed by atoms with van der Waals surface area (Å²) in [7, 11) is 0. The van der Waals surface area contributed by atoms with Gasteiger partial charge in [0.25, 0.3) is 0 Å². The summed E-state index contributed by atoms with van der Waals surface area (Å²) >= 11 is 0. The summed E-state index contributed by atoms with van der Waals surface area (Å²) in [5.74, 6) is 1.71. The Morgan fingerprint density at radius 3 is 2.42 bits per heavy atom. The van der Waals surface area contributed by atoms with Crippen molar-refractivity contribution in [2.75, 3.05) is 24.5 Å². The van der Waals surface area contributed by atoms with Crippen molar-refractivity contribution >= 4 is 5.95 Å². The normalized spacial score (nSPS) is 17.1. The van der Waals surface area contributed by atoms with E-state index in [1.165, 1.54) is 32.2 Å². The zero-order valence-electron chi connectivity index (χ0n) is 12.2. The van der Waals surface area contributed by atoms with Crippen LogP contribution in [0.15, 0.2) is 18.5 Å². The van der Waals surface area contributed by atoms with Gasteiger partial charge in [-0.25, -0.2) is 9.97 Å². The molecule has 0 amide bonds. The first kappa shape index (κ1) is 14.3. The molecule has 4 nitrogen and oxygen atoms in total. The summed E-state index contributed by atoms with van der Waals surface area (Å²) in [5, 5.41) is 3.73. The number of rotatable bonds is 6. The van der Waals surface area contributed by atoms with Gasteiger partial charge in [0.1, 0.15) is 0 Å². The van der Waals surface area contributed by atoms with E-state index in [2.05, 4.69) is 34.0 Å². The molecule has 1 saturated heterocycles. The van der Waals surface area contributed by atoms with Gasteiger partial charge in [-0.3, -0.25) is 0 Å². The standard InChI is InChI=1S/C15H26N4/c1-3-13(4-2)12-18-14-6-10-19(11-7-14)15-16-8-5-9-17-15/h5,8-9,13-14,18H,3-4,6-7,10-12H2,1-2H3. The molecule has 1 fully saturated rings. The molecule has 1 aliphatic rings. The van der Waals surface area contributed by atoms with Gasteiger partial charge < -0.3 is 10.2 Å². The van der Waals surface area contributed by atoms with E-state index < -0.39 is 0 Å². The van der Waals surface area contributed by atoms with Crippen LogP contribution >= 0.6 is 0 Å². The number of aromatic nitrogens is 2. The Hall–Kier alpha value is -1.16. The third kappa shape index (κ3) is 4.16. The second-order valence-electron chi connectivity index (χ2n) is 5.40. The highest BCUT2D eigenvalue weighted by atomic mass is 15.3. The fourth-order valence-corrected chi connectivity index (χ4v) is 2.65. The van der Waals surface area contributed by atoms with Gasteiger partial charge in [-0.2, -0.15) is 0 Å².